The summed E-state index contributed by atoms with van der Waals surface area (Å²) in [5, 5.41) is 4.05. The van der Waals surface area contributed by atoms with Crippen LogP contribution in [0.1, 0.15) is 23.2 Å². The predicted molar refractivity (Wildman–Crippen MR) is 97.8 cm³/mol. The van der Waals surface area contributed by atoms with Gasteiger partial charge in [0.05, 0.1) is 6.04 Å². The number of aliphatic imine (C=N–C) groups is 1. The molecule has 3 rings (SSSR count). The lowest BCUT2D eigenvalue weighted by molar-refractivity contribution is 0.556. The Bertz CT molecular complexity index is 693. The first-order valence-corrected chi connectivity index (χ1v) is 7.79. The van der Waals surface area contributed by atoms with Crippen molar-refractivity contribution in [1.82, 2.24) is 5.32 Å². The van der Waals surface area contributed by atoms with Gasteiger partial charge in [-0.1, -0.05) is 36.0 Å². The molecule has 22 heavy (non-hydrogen) atoms. The van der Waals surface area contributed by atoms with E-state index in [1.807, 2.05) is 18.4 Å². The molecule has 116 valence electrons. The van der Waals surface area contributed by atoms with Crippen molar-refractivity contribution in [2.24, 2.45) is 4.99 Å². The van der Waals surface area contributed by atoms with Crippen LogP contribution in [0.2, 0.25) is 0 Å². The van der Waals surface area contributed by atoms with Gasteiger partial charge in [0.1, 0.15) is 17.7 Å². The molecule has 1 N–H and O–H groups in total. The van der Waals surface area contributed by atoms with Gasteiger partial charge < -0.3 is 5.32 Å². The zero-order valence-electron chi connectivity index (χ0n) is 11.8. The van der Waals surface area contributed by atoms with Crippen molar-refractivity contribution in [3.05, 3.63) is 71.3 Å². The number of benzene rings is 2. The monoisotopic (exact) mass is 432 g/mol. The van der Waals surface area contributed by atoms with Crippen molar-refractivity contribution in [2.45, 2.75) is 12.1 Å². The smallest absolute Gasteiger partial charge is 0.157 e. The zero-order chi connectivity index (χ0) is 14.8. The average Bonchev–Trinajstić information content (AvgIpc) is 2.91. The largest absolute Gasteiger partial charge is 0.356 e. The van der Waals surface area contributed by atoms with Crippen LogP contribution in [0.15, 0.2) is 53.5 Å². The molecule has 1 aliphatic rings. The first kappa shape index (κ1) is 17.2. The van der Waals surface area contributed by atoms with Gasteiger partial charge >= 0.3 is 0 Å². The van der Waals surface area contributed by atoms with E-state index in [0.29, 0.717) is 0 Å². The fourth-order valence-electron chi connectivity index (χ4n) is 2.48. The van der Waals surface area contributed by atoms with E-state index in [9.17, 15) is 8.78 Å². The number of halogens is 3. The van der Waals surface area contributed by atoms with Crippen molar-refractivity contribution < 1.29 is 8.78 Å². The molecule has 1 heterocycles. The summed E-state index contributed by atoms with van der Waals surface area (Å²) in [4.78, 5) is 4.58. The lowest BCUT2D eigenvalue weighted by Crippen LogP contribution is -2.22. The van der Waals surface area contributed by atoms with Gasteiger partial charge in [-0.2, -0.15) is 0 Å². The highest BCUT2D eigenvalue weighted by Crippen LogP contribution is 2.37. The molecule has 0 aromatic heterocycles. The normalized spacial score (nSPS) is 20.0. The summed E-state index contributed by atoms with van der Waals surface area (Å²) in [5.41, 5.74) is 1.58. The number of hydrogen-bond donors (Lipinski definition) is 1. The molecule has 0 aliphatic carbocycles. The van der Waals surface area contributed by atoms with Crippen LogP contribution in [-0.4, -0.2) is 11.4 Å². The van der Waals surface area contributed by atoms with Gasteiger partial charge in [0.15, 0.2) is 5.17 Å². The fourth-order valence-corrected chi connectivity index (χ4v) is 2.95. The Kier molecular flexibility index (Phi) is 5.80. The molecule has 6 heteroatoms. The first-order valence-electron chi connectivity index (χ1n) is 6.56. The number of nitrogens with one attached hydrogen (secondary N) is 1. The Hall–Kier alpha value is -1.15. The van der Waals surface area contributed by atoms with Gasteiger partial charge in [0.2, 0.25) is 0 Å². The van der Waals surface area contributed by atoms with Crippen LogP contribution in [0.3, 0.4) is 0 Å². The highest BCUT2D eigenvalue weighted by atomic mass is 127. The minimum Gasteiger partial charge on any atom is -0.356 e. The molecule has 0 amide bonds. The van der Waals surface area contributed by atoms with Crippen LogP contribution >= 0.6 is 35.7 Å². The second-order valence-electron chi connectivity index (χ2n) is 4.82. The summed E-state index contributed by atoms with van der Waals surface area (Å²) in [5.74, 6) is -0.580. The summed E-state index contributed by atoms with van der Waals surface area (Å²) in [6.07, 6.45) is 1.92. The molecule has 2 aromatic rings. The lowest BCUT2D eigenvalue weighted by atomic mass is 9.95. The lowest BCUT2D eigenvalue weighted by Gasteiger charge is -2.19. The van der Waals surface area contributed by atoms with E-state index < -0.39 is 0 Å². The van der Waals surface area contributed by atoms with Gasteiger partial charge in [-0.15, -0.1) is 24.0 Å². The molecule has 0 saturated heterocycles. The summed E-state index contributed by atoms with van der Waals surface area (Å²) in [7, 11) is 0. The van der Waals surface area contributed by atoms with E-state index in [1.165, 1.54) is 36.0 Å². The molecular formula is C16H15F2IN2S. The molecule has 1 aliphatic heterocycles. The quantitative estimate of drug-likeness (QED) is 0.697. The maximum absolute atomic E-state index is 13.5. The first-order chi connectivity index (χ1) is 10.2. The van der Waals surface area contributed by atoms with Gasteiger partial charge in [0, 0.05) is 0 Å². The van der Waals surface area contributed by atoms with Crippen LogP contribution in [0.25, 0.3) is 0 Å². The van der Waals surface area contributed by atoms with E-state index in [0.717, 1.165) is 16.3 Å². The van der Waals surface area contributed by atoms with Crippen molar-refractivity contribution in [1.29, 1.82) is 0 Å². The van der Waals surface area contributed by atoms with Crippen molar-refractivity contribution in [2.75, 3.05) is 6.26 Å². The molecule has 0 saturated carbocycles. The number of rotatable bonds is 2. The number of amidine groups is 1. The van der Waals surface area contributed by atoms with Gasteiger partial charge in [-0.05, 0) is 41.6 Å². The van der Waals surface area contributed by atoms with E-state index in [1.54, 1.807) is 12.1 Å². The predicted octanol–water partition coefficient (Wildman–Crippen LogP) is 4.69. The molecule has 0 radical (unpaired) electrons. The average molecular weight is 432 g/mol. The Labute approximate surface area is 149 Å². The van der Waals surface area contributed by atoms with Crippen molar-refractivity contribution >= 4 is 40.9 Å². The third kappa shape index (κ3) is 3.60. The van der Waals surface area contributed by atoms with E-state index in [4.69, 9.17) is 0 Å². The SMILES string of the molecule is CSC1=N[C@@H](c2cccc(F)c2)[C@@H](c2cccc(F)c2)N1.I. The summed E-state index contributed by atoms with van der Waals surface area (Å²) >= 11 is 1.49. The number of thioether (sulfide) groups is 1. The second kappa shape index (κ2) is 7.41. The number of hydrogen-bond acceptors (Lipinski definition) is 3. The third-order valence-corrected chi connectivity index (χ3v) is 4.05. The standard InChI is InChI=1S/C16H14F2N2S.HI/c1-21-16-19-14(10-4-2-6-12(17)8-10)15(20-16)11-5-3-7-13(18)9-11;/h2-9,14-15H,1H3,(H,19,20);1H/t14-,15+;. The fraction of sp³-hybridized carbons (Fsp3) is 0.188. The maximum Gasteiger partial charge on any atom is 0.157 e. The zero-order valence-corrected chi connectivity index (χ0v) is 14.9. The topological polar surface area (TPSA) is 24.4 Å². The Morgan fingerprint density at radius 2 is 1.59 bits per heavy atom. The van der Waals surface area contributed by atoms with Gasteiger partial charge in [0.25, 0.3) is 0 Å². The van der Waals surface area contributed by atoms with E-state index in [-0.39, 0.29) is 47.7 Å². The van der Waals surface area contributed by atoms with Crippen molar-refractivity contribution in [3.8, 4) is 0 Å². The Morgan fingerprint density at radius 1 is 1.00 bits per heavy atom. The third-order valence-electron chi connectivity index (χ3n) is 3.44. The highest BCUT2D eigenvalue weighted by molar-refractivity contribution is 14.0. The number of nitrogens with zero attached hydrogens (tertiary/aromatic N) is 1. The van der Waals surface area contributed by atoms with Crippen molar-refractivity contribution in [3.63, 3.8) is 0 Å². The molecule has 0 spiro atoms. The van der Waals surface area contributed by atoms with Crippen LogP contribution < -0.4 is 5.32 Å². The van der Waals surface area contributed by atoms with Gasteiger partial charge in [-0.25, -0.2) is 8.78 Å². The van der Waals surface area contributed by atoms with Crippen LogP contribution in [-0.2, 0) is 0 Å². The summed E-state index contributed by atoms with van der Waals surface area (Å²) < 4.78 is 26.9. The molecule has 0 bridgehead atoms. The molecular weight excluding hydrogens is 417 g/mol. The van der Waals surface area contributed by atoms with E-state index in [2.05, 4.69) is 10.3 Å². The van der Waals surface area contributed by atoms with Gasteiger partial charge in [-0.3, -0.25) is 4.99 Å². The Morgan fingerprint density at radius 3 is 2.18 bits per heavy atom. The van der Waals surface area contributed by atoms with Crippen LogP contribution in [0.5, 0.6) is 0 Å². The molecule has 0 unspecified atom stereocenters. The highest BCUT2D eigenvalue weighted by Gasteiger charge is 2.31. The van der Waals surface area contributed by atoms with Crippen LogP contribution in [0.4, 0.5) is 8.78 Å². The Balaban J connectivity index is 0.00000176. The molecule has 0 fully saturated rings. The van der Waals surface area contributed by atoms with Crippen LogP contribution in [0, 0.1) is 11.6 Å². The minimum absolute atomic E-state index is 0. The maximum atomic E-state index is 13.5. The molecule has 2 nitrogen and oxygen atoms in total. The summed E-state index contributed by atoms with van der Waals surface area (Å²) in [6, 6.07) is 12.4. The summed E-state index contributed by atoms with van der Waals surface area (Å²) in [6.45, 7) is 0. The second-order valence-corrected chi connectivity index (χ2v) is 5.61. The van der Waals surface area contributed by atoms with E-state index >= 15 is 0 Å². The minimum atomic E-state index is -0.293. The molecule has 2 aromatic carbocycles. The molecule has 2 atom stereocenters.